The fourth-order valence-corrected chi connectivity index (χ4v) is 9.39. The molecular formula is C54H52N4. The van der Waals surface area contributed by atoms with Gasteiger partial charge in [0.2, 0.25) is 0 Å². The third-order valence-corrected chi connectivity index (χ3v) is 11.8. The van der Waals surface area contributed by atoms with Crippen molar-refractivity contribution in [3.8, 4) is 12.1 Å². The largest absolute Gasteiger partial charge is 0.330 e. The molecular weight excluding hydrogens is 705 g/mol. The van der Waals surface area contributed by atoms with E-state index >= 15 is 0 Å². The average molecular weight is 757 g/mol. The maximum absolute atomic E-state index is 9.76. The first-order valence-electron chi connectivity index (χ1n) is 20.4. The Balaban J connectivity index is 1.46. The second-order valence-corrected chi connectivity index (χ2v) is 18.5. The normalized spacial score (nSPS) is 15.9. The van der Waals surface area contributed by atoms with Gasteiger partial charge in [-0.1, -0.05) is 90.1 Å². The molecule has 4 heteroatoms. The summed E-state index contributed by atoms with van der Waals surface area (Å²) in [7, 11) is 0. The zero-order valence-electron chi connectivity index (χ0n) is 35.5. The minimum Gasteiger partial charge on any atom is -0.330 e. The number of nitriles is 2. The number of hydrogen-bond acceptors (Lipinski definition) is 4. The first kappa shape index (κ1) is 38.5. The van der Waals surface area contributed by atoms with Crippen LogP contribution in [0.5, 0.6) is 0 Å². The summed E-state index contributed by atoms with van der Waals surface area (Å²) in [6, 6.07) is 43.7. The van der Waals surface area contributed by atoms with Crippen LogP contribution in [0.3, 0.4) is 0 Å². The van der Waals surface area contributed by atoms with Crippen LogP contribution in [0.25, 0.3) is 22.0 Å². The summed E-state index contributed by atoms with van der Waals surface area (Å²) in [4.78, 5) is 4.88. The Hall–Kier alpha value is -6.36. The monoisotopic (exact) mass is 756 g/mol. The minimum absolute atomic E-state index is 0.0912. The van der Waals surface area contributed by atoms with Crippen molar-refractivity contribution in [3.05, 3.63) is 177 Å². The van der Waals surface area contributed by atoms with E-state index in [1.165, 1.54) is 60.9 Å². The molecule has 0 amide bonds. The quantitative estimate of drug-likeness (QED) is 0.170. The number of aryl methyl sites for hydroxylation is 4. The van der Waals surface area contributed by atoms with Gasteiger partial charge in [-0.3, -0.25) is 0 Å². The van der Waals surface area contributed by atoms with Gasteiger partial charge in [0.25, 0.3) is 0 Å². The molecule has 0 aliphatic heterocycles. The molecule has 8 rings (SSSR count). The van der Waals surface area contributed by atoms with Gasteiger partial charge in [-0.25, -0.2) is 0 Å². The van der Waals surface area contributed by atoms with Crippen LogP contribution in [-0.4, -0.2) is 0 Å². The Bertz CT molecular complexity index is 2710. The van der Waals surface area contributed by atoms with Gasteiger partial charge in [0.15, 0.2) is 0 Å². The summed E-state index contributed by atoms with van der Waals surface area (Å²) in [6.07, 6.45) is 4.99. The van der Waals surface area contributed by atoms with Gasteiger partial charge in [0.05, 0.1) is 35.0 Å². The summed E-state index contributed by atoms with van der Waals surface area (Å²) >= 11 is 0. The highest BCUT2D eigenvalue weighted by atomic mass is 15.2. The number of anilines is 4. The number of benzene rings is 6. The van der Waals surface area contributed by atoms with Crippen LogP contribution < -0.4 is 9.80 Å². The Labute approximate surface area is 345 Å². The lowest BCUT2D eigenvalue weighted by Gasteiger charge is -2.42. The topological polar surface area (TPSA) is 54.1 Å². The molecule has 6 aromatic carbocycles. The molecule has 0 saturated carbocycles. The number of hydrogen-bond donors (Lipinski definition) is 0. The van der Waals surface area contributed by atoms with Crippen molar-refractivity contribution in [2.75, 3.05) is 9.80 Å². The van der Waals surface area contributed by atoms with Gasteiger partial charge >= 0.3 is 0 Å². The van der Waals surface area contributed by atoms with E-state index in [1.807, 2.05) is 24.3 Å². The molecule has 0 N–H and O–H groups in total. The highest BCUT2D eigenvalue weighted by Gasteiger charge is 2.39. The third-order valence-electron chi connectivity index (χ3n) is 11.8. The minimum atomic E-state index is -0.154. The Morgan fingerprint density at radius 1 is 0.500 bits per heavy atom. The van der Waals surface area contributed by atoms with Crippen LogP contribution in [0.4, 0.5) is 22.7 Å². The molecule has 2 unspecified atom stereocenters. The van der Waals surface area contributed by atoms with Gasteiger partial charge in [-0.05, 0) is 167 Å². The van der Waals surface area contributed by atoms with Crippen molar-refractivity contribution in [3.63, 3.8) is 0 Å². The maximum Gasteiger partial charge on any atom is 0.0991 e. The number of rotatable bonds is 6. The molecule has 0 bridgehead atoms. The molecule has 0 spiro atoms. The van der Waals surface area contributed by atoms with Crippen molar-refractivity contribution >= 4 is 44.8 Å². The first-order valence-corrected chi connectivity index (χ1v) is 20.4. The standard InChI is InChI=1S/C54H52N4/c1-33-23-34(2)26-41(25-33)57(39-15-11-37(31-55)12-16-39)49-29-47(53(5,6)7)43-20-22-46-50(30-48(54(8,9)10)44-19-21-45(49)51(43)52(44)46)58(40-17-13-38(32-56)14-18-40)42-27-35(3)24-36(4)28-42/h11-30,47,50H,1-10H3. The van der Waals surface area contributed by atoms with E-state index in [0.29, 0.717) is 11.1 Å². The van der Waals surface area contributed by atoms with Gasteiger partial charge in [-0.2, -0.15) is 10.5 Å². The lowest BCUT2D eigenvalue weighted by Crippen LogP contribution is -2.29. The van der Waals surface area contributed by atoms with Gasteiger partial charge in [0.1, 0.15) is 0 Å². The maximum atomic E-state index is 9.76. The highest BCUT2D eigenvalue weighted by molar-refractivity contribution is 6.10. The van der Waals surface area contributed by atoms with Crippen LogP contribution in [-0.2, 0) is 0 Å². The van der Waals surface area contributed by atoms with Gasteiger partial charge in [-0.15, -0.1) is 0 Å². The molecule has 2 aliphatic rings. The molecule has 0 radical (unpaired) electrons. The SMILES string of the molecule is Cc1cc(C)cc(N(C2=CC(C(C)(C)C)c3ccc4c5c(ccc2c35)C(C(C)(C)C)=CC4N(c2ccc(C#N)cc2)c2cc(C)cc(C)c2)c2ccc(C#N)cc2)c1. The Morgan fingerprint density at radius 2 is 0.983 bits per heavy atom. The predicted octanol–water partition coefficient (Wildman–Crippen LogP) is 14.5. The van der Waals surface area contributed by atoms with Crippen molar-refractivity contribution in [1.82, 2.24) is 0 Å². The Kier molecular flexibility index (Phi) is 9.45. The van der Waals surface area contributed by atoms with Crippen molar-refractivity contribution in [2.24, 2.45) is 10.8 Å². The molecule has 288 valence electrons. The molecule has 0 fully saturated rings. The zero-order chi connectivity index (χ0) is 41.3. The molecule has 2 aliphatic carbocycles. The van der Waals surface area contributed by atoms with Crippen LogP contribution in [0.2, 0.25) is 0 Å². The van der Waals surface area contributed by atoms with E-state index in [-0.39, 0.29) is 22.8 Å². The van der Waals surface area contributed by atoms with Crippen LogP contribution >= 0.6 is 0 Å². The van der Waals surface area contributed by atoms with Gasteiger partial charge < -0.3 is 9.80 Å². The summed E-state index contributed by atoms with van der Waals surface area (Å²) in [6.45, 7) is 22.7. The van der Waals surface area contributed by atoms with E-state index in [1.54, 1.807) is 0 Å². The van der Waals surface area contributed by atoms with Gasteiger partial charge in [0, 0.05) is 34.2 Å². The van der Waals surface area contributed by atoms with Crippen molar-refractivity contribution in [1.29, 1.82) is 10.5 Å². The molecule has 58 heavy (non-hydrogen) atoms. The smallest absolute Gasteiger partial charge is 0.0991 e. The van der Waals surface area contributed by atoms with E-state index < -0.39 is 0 Å². The van der Waals surface area contributed by atoms with Crippen molar-refractivity contribution in [2.45, 2.75) is 81.2 Å². The lowest BCUT2D eigenvalue weighted by molar-refractivity contribution is 0.367. The summed E-state index contributed by atoms with van der Waals surface area (Å²) < 4.78 is 0. The molecule has 0 aromatic heterocycles. The summed E-state index contributed by atoms with van der Waals surface area (Å²) in [5, 5.41) is 22.1. The molecule has 0 saturated heterocycles. The number of nitrogens with zero attached hydrogens (tertiary/aromatic N) is 4. The fraction of sp³-hybridized carbons (Fsp3) is 0.259. The second-order valence-electron chi connectivity index (χ2n) is 18.5. The fourth-order valence-electron chi connectivity index (χ4n) is 9.39. The Morgan fingerprint density at radius 3 is 1.50 bits per heavy atom. The number of allylic oxidation sites excluding steroid dienone is 2. The highest BCUT2D eigenvalue weighted by Crippen LogP contribution is 2.56. The molecule has 6 aromatic rings. The first-order chi connectivity index (χ1) is 27.5. The van der Waals surface area contributed by atoms with E-state index in [0.717, 1.165) is 28.4 Å². The second kappa shape index (κ2) is 14.2. The van der Waals surface area contributed by atoms with E-state index in [2.05, 4.69) is 188 Å². The molecule has 4 nitrogen and oxygen atoms in total. The summed E-state index contributed by atoms with van der Waals surface area (Å²) in [5.41, 5.74) is 17.7. The predicted molar refractivity (Wildman–Crippen MR) is 243 cm³/mol. The zero-order valence-corrected chi connectivity index (χ0v) is 35.5. The molecule has 0 heterocycles. The van der Waals surface area contributed by atoms with Crippen LogP contribution in [0, 0.1) is 61.2 Å². The van der Waals surface area contributed by atoms with E-state index in [9.17, 15) is 10.5 Å². The average Bonchev–Trinajstić information content (AvgIpc) is 3.16. The summed E-state index contributed by atoms with van der Waals surface area (Å²) in [5.74, 6) is 0.114. The van der Waals surface area contributed by atoms with E-state index in [4.69, 9.17) is 0 Å². The lowest BCUT2D eigenvalue weighted by atomic mass is 9.68. The van der Waals surface area contributed by atoms with Crippen LogP contribution in [0.15, 0.2) is 121 Å². The molecule has 2 atom stereocenters. The van der Waals surface area contributed by atoms with Crippen molar-refractivity contribution < 1.29 is 0 Å². The van der Waals surface area contributed by atoms with Crippen LogP contribution in [0.1, 0.15) is 109 Å². The third kappa shape index (κ3) is 6.78.